The van der Waals surface area contributed by atoms with Crippen molar-refractivity contribution in [1.82, 2.24) is 20.3 Å². The van der Waals surface area contributed by atoms with E-state index in [1.54, 1.807) is 7.11 Å². The predicted octanol–water partition coefficient (Wildman–Crippen LogP) is 2.89. The number of ether oxygens (including phenoxy) is 1. The maximum Gasteiger partial charge on any atom is 0.119 e. The van der Waals surface area contributed by atoms with Crippen molar-refractivity contribution < 1.29 is 4.74 Å². The number of hydrogen-bond acceptors (Lipinski definition) is 4. The maximum atomic E-state index is 5.26. The molecule has 0 saturated carbocycles. The highest BCUT2D eigenvalue weighted by Crippen LogP contribution is 2.19. The summed E-state index contributed by atoms with van der Waals surface area (Å²) in [6, 6.07) is 8.31. The van der Waals surface area contributed by atoms with Crippen LogP contribution < -0.4 is 10.1 Å². The van der Waals surface area contributed by atoms with Gasteiger partial charge in [0.1, 0.15) is 5.75 Å². The zero-order valence-electron chi connectivity index (χ0n) is 13.4. The highest BCUT2D eigenvalue weighted by atomic mass is 16.5. The molecule has 5 heteroatoms. The number of rotatable bonds is 5. The molecule has 1 heterocycles. The number of aromatic nitrogens is 3. The molecule has 0 spiro atoms. The van der Waals surface area contributed by atoms with Crippen LogP contribution in [0, 0.1) is 0 Å². The van der Waals surface area contributed by atoms with Gasteiger partial charge < -0.3 is 10.1 Å². The Morgan fingerprint density at radius 2 is 2.10 bits per heavy atom. The first kappa shape index (κ1) is 15.5. The highest BCUT2D eigenvalue weighted by Gasteiger charge is 2.15. The average molecular weight is 288 g/mol. The van der Waals surface area contributed by atoms with E-state index in [9.17, 15) is 0 Å². The third-order valence-corrected chi connectivity index (χ3v) is 3.41. The summed E-state index contributed by atoms with van der Waals surface area (Å²) in [4.78, 5) is 0. The van der Waals surface area contributed by atoms with E-state index in [1.807, 2.05) is 29.1 Å². The summed E-state index contributed by atoms with van der Waals surface area (Å²) in [7, 11) is 1.68. The van der Waals surface area contributed by atoms with E-state index >= 15 is 0 Å². The van der Waals surface area contributed by atoms with Gasteiger partial charge in [-0.25, -0.2) is 4.68 Å². The third kappa shape index (κ3) is 4.04. The Balaban J connectivity index is 1.97. The van der Waals surface area contributed by atoms with Crippen molar-refractivity contribution in [3.8, 4) is 5.75 Å². The molecule has 114 valence electrons. The Hall–Kier alpha value is -1.88. The molecule has 0 bridgehead atoms. The first-order valence-electron chi connectivity index (χ1n) is 7.19. The summed E-state index contributed by atoms with van der Waals surface area (Å²) in [6.07, 6.45) is 1.99. The van der Waals surface area contributed by atoms with Crippen molar-refractivity contribution in [2.45, 2.75) is 45.8 Å². The van der Waals surface area contributed by atoms with Gasteiger partial charge in [-0.15, -0.1) is 5.10 Å². The molecular weight excluding hydrogens is 264 g/mol. The average Bonchev–Trinajstić information content (AvgIpc) is 2.94. The van der Waals surface area contributed by atoms with Crippen LogP contribution in [-0.2, 0) is 12.1 Å². The smallest absolute Gasteiger partial charge is 0.119 e. The molecule has 21 heavy (non-hydrogen) atoms. The van der Waals surface area contributed by atoms with Gasteiger partial charge in [0, 0.05) is 12.6 Å². The van der Waals surface area contributed by atoms with Gasteiger partial charge in [0.05, 0.1) is 24.5 Å². The summed E-state index contributed by atoms with van der Waals surface area (Å²) in [5.41, 5.74) is 2.10. The van der Waals surface area contributed by atoms with Gasteiger partial charge in [0.2, 0.25) is 0 Å². The molecular formula is C16H24N4O. The third-order valence-electron chi connectivity index (χ3n) is 3.41. The van der Waals surface area contributed by atoms with Gasteiger partial charge in [-0.1, -0.05) is 17.3 Å². The van der Waals surface area contributed by atoms with Gasteiger partial charge in [-0.3, -0.25) is 0 Å². The standard InChI is InChI=1S/C16H24N4O/c1-12(13-7-6-8-15(9-13)21-5)17-10-14-11-20(19-18-14)16(2,3)4/h6-9,11-12,17H,10H2,1-5H3/t12-/m1/s1. The lowest BCUT2D eigenvalue weighted by atomic mass is 10.1. The maximum absolute atomic E-state index is 5.26. The Labute approximate surface area is 126 Å². The van der Waals surface area contributed by atoms with Gasteiger partial charge in [0.15, 0.2) is 0 Å². The molecule has 0 fully saturated rings. The number of nitrogens with one attached hydrogen (secondary N) is 1. The van der Waals surface area contributed by atoms with Gasteiger partial charge in [0.25, 0.3) is 0 Å². The van der Waals surface area contributed by atoms with Crippen LogP contribution in [-0.4, -0.2) is 22.1 Å². The summed E-state index contributed by atoms with van der Waals surface area (Å²) < 4.78 is 7.14. The van der Waals surface area contributed by atoms with Crippen molar-refractivity contribution in [3.63, 3.8) is 0 Å². The Morgan fingerprint density at radius 3 is 2.71 bits per heavy atom. The molecule has 0 unspecified atom stereocenters. The normalized spacial score (nSPS) is 13.2. The van der Waals surface area contributed by atoms with Crippen LogP contribution in [0.15, 0.2) is 30.5 Å². The molecule has 0 aliphatic carbocycles. The fourth-order valence-electron chi connectivity index (χ4n) is 1.99. The molecule has 1 aromatic carbocycles. The molecule has 0 aliphatic heterocycles. The van der Waals surface area contributed by atoms with Gasteiger partial charge in [-0.05, 0) is 45.4 Å². The Morgan fingerprint density at radius 1 is 1.33 bits per heavy atom. The summed E-state index contributed by atoms with van der Waals surface area (Å²) in [5, 5.41) is 11.8. The lowest BCUT2D eigenvalue weighted by molar-refractivity contribution is 0.347. The van der Waals surface area contributed by atoms with Crippen LogP contribution in [0.25, 0.3) is 0 Å². The van der Waals surface area contributed by atoms with Crippen molar-refractivity contribution in [2.24, 2.45) is 0 Å². The quantitative estimate of drug-likeness (QED) is 0.919. The van der Waals surface area contributed by atoms with Crippen molar-refractivity contribution in [3.05, 3.63) is 41.7 Å². The van der Waals surface area contributed by atoms with Crippen LogP contribution in [0.2, 0.25) is 0 Å². The topological polar surface area (TPSA) is 52.0 Å². The van der Waals surface area contributed by atoms with Crippen LogP contribution in [0.5, 0.6) is 5.75 Å². The number of benzene rings is 1. The Bertz CT molecular complexity index is 586. The number of nitrogens with zero attached hydrogens (tertiary/aromatic N) is 3. The lowest BCUT2D eigenvalue weighted by Gasteiger charge is -2.17. The second-order valence-electron chi connectivity index (χ2n) is 6.20. The molecule has 0 amide bonds. The van der Waals surface area contributed by atoms with E-state index in [4.69, 9.17) is 4.74 Å². The minimum atomic E-state index is -0.0380. The van der Waals surface area contributed by atoms with Crippen molar-refractivity contribution in [1.29, 1.82) is 0 Å². The second-order valence-corrected chi connectivity index (χ2v) is 6.20. The van der Waals surface area contributed by atoms with Gasteiger partial charge in [-0.2, -0.15) is 0 Å². The van der Waals surface area contributed by atoms with E-state index in [0.717, 1.165) is 11.4 Å². The highest BCUT2D eigenvalue weighted by molar-refractivity contribution is 5.30. The van der Waals surface area contributed by atoms with E-state index in [1.165, 1.54) is 5.56 Å². The van der Waals surface area contributed by atoms with E-state index < -0.39 is 0 Å². The van der Waals surface area contributed by atoms with E-state index in [2.05, 4.69) is 49.4 Å². The summed E-state index contributed by atoms with van der Waals surface area (Å²) >= 11 is 0. The molecule has 5 nitrogen and oxygen atoms in total. The number of methoxy groups -OCH3 is 1. The first-order valence-corrected chi connectivity index (χ1v) is 7.19. The minimum absolute atomic E-state index is 0.0380. The summed E-state index contributed by atoms with van der Waals surface area (Å²) in [5.74, 6) is 0.875. The van der Waals surface area contributed by atoms with Crippen LogP contribution in [0.1, 0.15) is 45.0 Å². The molecule has 1 atom stereocenters. The lowest BCUT2D eigenvalue weighted by Crippen LogP contribution is -2.22. The SMILES string of the molecule is COc1cccc([C@@H](C)NCc2cn(C(C)(C)C)nn2)c1. The molecule has 0 radical (unpaired) electrons. The summed E-state index contributed by atoms with van der Waals surface area (Å²) in [6.45, 7) is 9.14. The Kier molecular flexibility index (Phi) is 4.63. The molecule has 2 rings (SSSR count). The van der Waals surface area contributed by atoms with Crippen molar-refractivity contribution in [2.75, 3.05) is 7.11 Å². The first-order chi connectivity index (χ1) is 9.90. The van der Waals surface area contributed by atoms with E-state index in [-0.39, 0.29) is 11.6 Å². The van der Waals surface area contributed by atoms with Crippen molar-refractivity contribution >= 4 is 0 Å². The fraction of sp³-hybridized carbons (Fsp3) is 0.500. The number of hydrogen-bond donors (Lipinski definition) is 1. The fourth-order valence-corrected chi connectivity index (χ4v) is 1.99. The zero-order valence-corrected chi connectivity index (χ0v) is 13.4. The zero-order chi connectivity index (χ0) is 15.5. The van der Waals surface area contributed by atoms with Crippen LogP contribution in [0.4, 0.5) is 0 Å². The molecule has 1 aromatic heterocycles. The molecule has 1 N–H and O–H groups in total. The predicted molar refractivity (Wildman–Crippen MR) is 83.3 cm³/mol. The van der Waals surface area contributed by atoms with Crippen LogP contribution in [0.3, 0.4) is 0 Å². The van der Waals surface area contributed by atoms with Gasteiger partial charge >= 0.3 is 0 Å². The molecule has 0 saturated heterocycles. The van der Waals surface area contributed by atoms with Crippen LogP contribution >= 0.6 is 0 Å². The van der Waals surface area contributed by atoms with E-state index in [0.29, 0.717) is 6.54 Å². The monoisotopic (exact) mass is 288 g/mol. The molecule has 0 aliphatic rings. The molecule has 2 aromatic rings. The second kappa shape index (κ2) is 6.26. The largest absolute Gasteiger partial charge is 0.497 e. The minimum Gasteiger partial charge on any atom is -0.497 e.